The highest BCUT2D eigenvalue weighted by molar-refractivity contribution is 5.89. The number of aldehydes is 1. The number of carbonyl (C=O) groups excluding carboxylic acids is 2. The lowest BCUT2D eigenvalue weighted by molar-refractivity contribution is -0.108. The molecule has 0 aliphatic heterocycles. The quantitative estimate of drug-likeness (QED) is 0.583. The van der Waals surface area contributed by atoms with E-state index >= 15 is 0 Å². The molecule has 1 aromatic carbocycles. The summed E-state index contributed by atoms with van der Waals surface area (Å²) >= 11 is 0. The first kappa shape index (κ1) is 15.4. The smallest absolute Gasteiger partial charge is 0.337 e. The molecule has 0 N–H and O–H groups in total. The Morgan fingerprint density at radius 2 is 1.89 bits per heavy atom. The normalized spacial score (nSPS) is 13.9. The number of ether oxygens (including phenoxy) is 1. The maximum atomic E-state index is 11.4. The van der Waals surface area contributed by atoms with Gasteiger partial charge in [0.25, 0.3) is 0 Å². The molecule has 0 radical (unpaired) electrons. The second kappa shape index (κ2) is 6.50. The van der Waals surface area contributed by atoms with Gasteiger partial charge in [-0.15, -0.1) is 0 Å². The van der Waals surface area contributed by atoms with E-state index in [2.05, 4.69) is 25.5 Å². The van der Waals surface area contributed by atoms with E-state index in [-0.39, 0.29) is 11.4 Å². The van der Waals surface area contributed by atoms with Crippen LogP contribution in [0.5, 0.6) is 0 Å². The molecule has 1 unspecified atom stereocenters. The van der Waals surface area contributed by atoms with Gasteiger partial charge in [0.1, 0.15) is 6.29 Å². The third-order valence-corrected chi connectivity index (χ3v) is 4.02. The molecule has 3 nitrogen and oxygen atoms in total. The van der Waals surface area contributed by atoms with Crippen molar-refractivity contribution in [1.82, 2.24) is 0 Å². The lowest BCUT2D eigenvalue weighted by atomic mass is 9.70. The Morgan fingerprint density at radius 1 is 1.32 bits per heavy atom. The summed E-state index contributed by atoms with van der Waals surface area (Å²) in [7, 11) is 1.37. The van der Waals surface area contributed by atoms with Crippen molar-refractivity contribution in [2.24, 2.45) is 5.92 Å². The summed E-state index contributed by atoms with van der Waals surface area (Å²) in [6.45, 7) is 6.46. The molecule has 0 saturated carbocycles. The minimum Gasteiger partial charge on any atom is -0.465 e. The van der Waals surface area contributed by atoms with Crippen LogP contribution in [0, 0.1) is 5.92 Å². The molecule has 0 saturated heterocycles. The van der Waals surface area contributed by atoms with Crippen molar-refractivity contribution in [1.29, 1.82) is 0 Å². The third kappa shape index (κ3) is 3.43. The molecule has 0 aliphatic rings. The monoisotopic (exact) mass is 262 g/mol. The lowest BCUT2D eigenvalue weighted by Crippen LogP contribution is -2.28. The Balaban J connectivity index is 3.04. The molecule has 1 atom stereocenters. The molecule has 1 rings (SSSR count). The van der Waals surface area contributed by atoms with E-state index in [4.69, 9.17) is 0 Å². The zero-order chi connectivity index (χ0) is 14.5. The second-order valence-electron chi connectivity index (χ2n) is 5.35. The first-order valence-electron chi connectivity index (χ1n) is 6.58. The van der Waals surface area contributed by atoms with E-state index in [0.29, 0.717) is 17.9 Å². The van der Waals surface area contributed by atoms with Crippen LogP contribution in [0.3, 0.4) is 0 Å². The molecule has 0 aromatic heterocycles. The molecule has 19 heavy (non-hydrogen) atoms. The van der Waals surface area contributed by atoms with Crippen LogP contribution in [0.25, 0.3) is 0 Å². The summed E-state index contributed by atoms with van der Waals surface area (Å²) in [5.41, 5.74) is 1.64. The number of hydrogen-bond donors (Lipinski definition) is 0. The molecule has 0 heterocycles. The van der Waals surface area contributed by atoms with Crippen LogP contribution in [0.1, 0.15) is 49.5 Å². The van der Waals surface area contributed by atoms with Crippen molar-refractivity contribution in [2.45, 2.75) is 39.0 Å². The van der Waals surface area contributed by atoms with Gasteiger partial charge in [0.15, 0.2) is 0 Å². The van der Waals surface area contributed by atoms with Crippen molar-refractivity contribution >= 4 is 12.3 Å². The van der Waals surface area contributed by atoms with Gasteiger partial charge in [-0.2, -0.15) is 0 Å². The molecule has 1 aromatic rings. The molecule has 0 spiro atoms. The minimum absolute atomic E-state index is 0.0600. The number of hydrogen-bond acceptors (Lipinski definition) is 3. The molecule has 3 heteroatoms. The van der Waals surface area contributed by atoms with Gasteiger partial charge in [-0.05, 0) is 35.4 Å². The molecule has 0 amide bonds. The number of methoxy groups -OCH3 is 1. The van der Waals surface area contributed by atoms with Crippen molar-refractivity contribution in [3.8, 4) is 0 Å². The number of rotatable bonds is 6. The van der Waals surface area contributed by atoms with Crippen LogP contribution in [0.15, 0.2) is 24.3 Å². The van der Waals surface area contributed by atoms with Gasteiger partial charge in [-0.3, -0.25) is 0 Å². The lowest BCUT2D eigenvalue weighted by Gasteiger charge is -2.34. The highest BCUT2D eigenvalue weighted by Gasteiger charge is 2.29. The topological polar surface area (TPSA) is 43.4 Å². The van der Waals surface area contributed by atoms with Crippen LogP contribution in [0.4, 0.5) is 0 Å². The first-order valence-corrected chi connectivity index (χ1v) is 6.58. The van der Waals surface area contributed by atoms with Crippen molar-refractivity contribution in [2.75, 3.05) is 7.11 Å². The summed E-state index contributed by atoms with van der Waals surface area (Å²) in [6, 6.07) is 7.47. The first-order chi connectivity index (χ1) is 8.95. The number of benzene rings is 1. The summed E-state index contributed by atoms with van der Waals surface area (Å²) < 4.78 is 4.69. The maximum Gasteiger partial charge on any atom is 0.337 e. The van der Waals surface area contributed by atoms with E-state index < -0.39 is 0 Å². The minimum atomic E-state index is -0.328. The fourth-order valence-corrected chi connectivity index (χ4v) is 2.23. The number of esters is 1. The predicted molar refractivity (Wildman–Crippen MR) is 75.3 cm³/mol. The summed E-state index contributed by atoms with van der Waals surface area (Å²) in [5.74, 6) is 0.0853. The van der Waals surface area contributed by atoms with E-state index in [1.165, 1.54) is 7.11 Å². The molecular formula is C16H22O3. The van der Waals surface area contributed by atoms with Crippen LogP contribution < -0.4 is 0 Å². The molecule has 0 aliphatic carbocycles. The van der Waals surface area contributed by atoms with Gasteiger partial charge in [0.2, 0.25) is 0 Å². The van der Waals surface area contributed by atoms with Crippen LogP contribution in [-0.2, 0) is 14.9 Å². The van der Waals surface area contributed by atoms with Gasteiger partial charge in [0.05, 0.1) is 12.7 Å². The van der Waals surface area contributed by atoms with Gasteiger partial charge in [-0.25, -0.2) is 4.79 Å². The Hall–Kier alpha value is -1.64. The third-order valence-electron chi connectivity index (χ3n) is 4.02. The molecule has 0 bridgehead atoms. The fourth-order valence-electron chi connectivity index (χ4n) is 2.23. The summed E-state index contributed by atoms with van der Waals surface area (Å²) in [5, 5.41) is 0. The van der Waals surface area contributed by atoms with Crippen LogP contribution in [-0.4, -0.2) is 19.4 Å². The summed E-state index contributed by atoms with van der Waals surface area (Å²) in [6.07, 6.45) is 2.32. The SMILES string of the molecule is COC(=O)c1ccc(C(C)(CCC=O)C(C)C)cc1. The molecule has 0 fully saturated rings. The van der Waals surface area contributed by atoms with Crippen molar-refractivity contribution < 1.29 is 14.3 Å². The predicted octanol–water partition coefficient (Wildman–Crippen LogP) is 3.37. The Labute approximate surface area is 115 Å². The molecule has 104 valence electrons. The van der Waals surface area contributed by atoms with Gasteiger partial charge >= 0.3 is 5.97 Å². The van der Waals surface area contributed by atoms with Crippen molar-refractivity contribution in [3.05, 3.63) is 35.4 Å². The van der Waals surface area contributed by atoms with E-state index in [9.17, 15) is 9.59 Å². The largest absolute Gasteiger partial charge is 0.465 e. The van der Waals surface area contributed by atoms with Crippen LogP contribution in [0.2, 0.25) is 0 Å². The van der Waals surface area contributed by atoms with E-state index in [0.717, 1.165) is 18.3 Å². The molecular weight excluding hydrogens is 240 g/mol. The van der Waals surface area contributed by atoms with Gasteiger partial charge in [0, 0.05) is 6.42 Å². The van der Waals surface area contributed by atoms with E-state index in [1.807, 2.05) is 12.1 Å². The maximum absolute atomic E-state index is 11.4. The zero-order valence-electron chi connectivity index (χ0n) is 12.1. The van der Waals surface area contributed by atoms with Crippen LogP contribution >= 0.6 is 0 Å². The summed E-state index contributed by atoms with van der Waals surface area (Å²) in [4.78, 5) is 22.0. The average Bonchev–Trinajstić information content (AvgIpc) is 2.43. The number of carbonyl (C=O) groups is 2. The van der Waals surface area contributed by atoms with Crippen molar-refractivity contribution in [3.63, 3.8) is 0 Å². The zero-order valence-corrected chi connectivity index (χ0v) is 12.1. The highest BCUT2D eigenvalue weighted by atomic mass is 16.5. The fraction of sp³-hybridized carbons (Fsp3) is 0.500. The Kier molecular flexibility index (Phi) is 5.28. The van der Waals surface area contributed by atoms with E-state index in [1.54, 1.807) is 12.1 Å². The second-order valence-corrected chi connectivity index (χ2v) is 5.35. The standard InChI is InChI=1S/C16H22O3/c1-12(2)16(3,10-5-11-17)14-8-6-13(7-9-14)15(18)19-4/h6-9,11-12H,5,10H2,1-4H3. The van der Waals surface area contributed by atoms with Gasteiger partial charge < -0.3 is 9.53 Å². The Morgan fingerprint density at radius 3 is 2.32 bits per heavy atom. The Bertz CT molecular complexity index is 434. The van der Waals surface area contributed by atoms with Gasteiger partial charge in [-0.1, -0.05) is 32.9 Å². The average molecular weight is 262 g/mol. The highest BCUT2D eigenvalue weighted by Crippen LogP contribution is 2.36.